The number of methoxy groups -OCH3 is 1. The third-order valence-corrected chi connectivity index (χ3v) is 7.26. The molecule has 1 N–H and O–H groups in total. The molecule has 1 aliphatic rings. The number of aromatic nitrogens is 2. The molecule has 1 heterocycles. The van der Waals surface area contributed by atoms with E-state index in [1.165, 1.54) is 19.3 Å². The fourth-order valence-electron chi connectivity index (χ4n) is 5.13. The second kappa shape index (κ2) is 12.6. The van der Waals surface area contributed by atoms with Crippen molar-refractivity contribution in [2.24, 2.45) is 0 Å². The van der Waals surface area contributed by atoms with Crippen molar-refractivity contribution >= 4 is 22.8 Å². The van der Waals surface area contributed by atoms with E-state index in [1.54, 1.807) is 19.2 Å². The first-order valence-corrected chi connectivity index (χ1v) is 13.2. The van der Waals surface area contributed by atoms with Gasteiger partial charge in [-0.05, 0) is 49.9 Å². The molecule has 0 atom stereocenters. The predicted molar refractivity (Wildman–Crippen MR) is 142 cm³/mol. The molecule has 4 rings (SSSR count). The molecule has 2 aromatic carbocycles. The first-order valence-electron chi connectivity index (χ1n) is 13.2. The van der Waals surface area contributed by atoms with E-state index in [9.17, 15) is 9.59 Å². The lowest BCUT2D eigenvalue weighted by atomic mass is 9.94. The van der Waals surface area contributed by atoms with Crippen molar-refractivity contribution in [3.63, 3.8) is 0 Å². The lowest BCUT2D eigenvalue weighted by Crippen LogP contribution is -2.40. The number of imidazole rings is 1. The van der Waals surface area contributed by atoms with E-state index in [0.29, 0.717) is 30.4 Å². The van der Waals surface area contributed by atoms with Gasteiger partial charge < -0.3 is 19.5 Å². The number of aryl methyl sites for hydroxylation is 1. The molecule has 36 heavy (non-hydrogen) atoms. The minimum atomic E-state index is -0.116. The van der Waals surface area contributed by atoms with Crippen LogP contribution in [0.15, 0.2) is 48.5 Å². The molecule has 0 spiro atoms. The zero-order valence-corrected chi connectivity index (χ0v) is 21.5. The zero-order valence-electron chi connectivity index (χ0n) is 21.5. The first-order chi connectivity index (χ1) is 17.6. The molecule has 7 heteroatoms. The number of likely N-dealkylation sites (N-methyl/N-ethyl adjacent to an activating group) is 1. The number of carbonyl (C=O) groups is 2. The largest absolute Gasteiger partial charge is 0.496 e. The molecule has 2 amide bonds. The van der Waals surface area contributed by atoms with Crippen molar-refractivity contribution < 1.29 is 14.3 Å². The third kappa shape index (κ3) is 6.25. The number of ether oxygens (including phenoxy) is 1. The van der Waals surface area contributed by atoms with Crippen molar-refractivity contribution in [2.75, 3.05) is 20.7 Å². The smallest absolute Gasteiger partial charge is 0.255 e. The van der Waals surface area contributed by atoms with Crippen molar-refractivity contribution in [2.45, 2.75) is 70.4 Å². The number of benzene rings is 2. The Morgan fingerprint density at radius 2 is 1.78 bits per heavy atom. The second-order valence-corrected chi connectivity index (χ2v) is 9.67. The summed E-state index contributed by atoms with van der Waals surface area (Å²) < 4.78 is 7.37. The zero-order chi connectivity index (χ0) is 25.3. The Morgan fingerprint density at radius 1 is 1.03 bits per heavy atom. The summed E-state index contributed by atoms with van der Waals surface area (Å²) in [5.74, 6) is 1.58. The van der Waals surface area contributed by atoms with Crippen LogP contribution in [0.4, 0.5) is 0 Å². The lowest BCUT2D eigenvalue weighted by molar-refractivity contribution is -0.133. The maximum atomic E-state index is 13.2. The third-order valence-electron chi connectivity index (χ3n) is 7.26. The topological polar surface area (TPSA) is 76.5 Å². The predicted octanol–water partition coefficient (Wildman–Crippen LogP) is 4.98. The van der Waals surface area contributed by atoms with E-state index in [-0.39, 0.29) is 11.8 Å². The van der Waals surface area contributed by atoms with Crippen molar-refractivity contribution in [3.8, 4) is 5.75 Å². The number of carbonyl (C=O) groups excluding carboxylic acids is 2. The summed E-state index contributed by atoms with van der Waals surface area (Å²) in [4.78, 5) is 32.4. The summed E-state index contributed by atoms with van der Waals surface area (Å²) in [5.41, 5.74) is 2.50. The minimum absolute atomic E-state index is 0.116. The molecule has 1 aromatic heterocycles. The van der Waals surface area contributed by atoms with Gasteiger partial charge in [-0.25, -0.2) is 4.98 Å². The first kappa shape index (κ1) is 25.7. The average molecular weight is 491 g/mol. The SMILES string of the molecule is COc1ccccc1C(=O)NCCCCCc1nc2ccccc2n1CC(=O)N(C)C1CCCCC1. The summed E-state index contributed by atoms with van der Waals surface area (Å²) in [5, 5.41) is 2.98. The number of nitrogens with one attached hydrogen (secondary N) is 1. The quantitative estimate of drug-likeness (QED) is 0.385. The molecular weight excluding hydrogens is 452 g/mol. The number of hydrogen-bond acceptors (Lipinski definition) is 4. The van der Waals surface area contributed by atoms with Gasteiger partial charge in [0.15, 0.2) is 0 Å². The van der Waals surface area contributed by atoms with Crippen LogP contribution in [0.5, 0.6) is 5.75 Å². The van der Waals surface area contributed by atoms with Crippen LogP contribution in [-0.2, 0) is 17.8 Å². The highest BCUT2D eigenvalue weighted by Crippen LogP contribution is 2.23. The minimum Gasteiger partial charge on any atom is -0.496 e. The highest BCUT2D eigenvalue weighted by Gasteiger charge is 2.23. The number of fused-ring (bicyclic) bond motifs is 1. The number of para-hydroxylation sites is 3. The van der Waals surface area contributed by atoms with E-state index >= 15 is 0 Å². The van der Waals surface area contributed by atoms with Gasteiger partial charge in [-0.15, -0.1) is 0 Å². The van der Waals surface area contributed by atoms with E-state index in [2.05, 4.69) is 9.88 Å². The van der Waals surface area contributed by atoms with E-state index in [1.807, 2.05) is 48.3 Å². The van der Waals surface area contributed by atoms with Crippen LogP contribution in [-0.4, -0.2) is 53.0 Å². The number of nitrogens with zero attached hydrogens (tertiary/aromatic N) is 3. The molecule has 3 aromatic rings. The van der Waals surface area contributed by atoms with Gasteiger partial charge in [-0.3, -0.25) is 9.59 Å². The summed E-state index contributed by atoms with van der Waals surface area (Å²) >= 11 is 0. The van der Waals surface area contributed by atoms with Gasteiger partial charge in [0.05, 0.1) is 23.7 Å². The van der Waals surface area contributed by atoms with Crippen molar-refractivity contribution in [1.29, 1.82) is 0 Å². The Bertz CT molecular complexity index is 1170. The van der Waals surface area contributed by atoms with Gasteiger partial charge in [-0.2, -0.15) is 0 Å². The van der Waals surface area contributed by atoms with Crippen molar-refractivity contribution in [1.82, 2.24) is 19.8 Å². The van der Waals surface area contributed by atoms with Crippen LogP contribution in [0.25, 0.3) is 11.0 Å². The van der Waals surface area contributed by atoms with Crippen LogP contribution in [0.3, 0.4) is 0 Å². The Labute approximate surface area is 213 Å². The Balaban J connectivity index is 1.30. The molecule has 0 unspecified atom stereocenters. The maximum Gasteiger partial charge on any atom is 0.255 e. The molecule has 1 fully saturated rings. The van der Waals surface area contributed by atoms with Crippen LogP contribution >= 0.6 is 0 Å². The molecule has 1 aliphatic carbocycles. The van der Waals surface area contributed by atoms with Crippen LogP contribution < -0.4 is 10.1 Å². The van der Waals surface area contributed by atoms with Gasteiger partial charge in [0.1, 0.15) is 18.1 Å². The fraction of sp³-hybridized carbons (Fsp3) is 0.483. The summed E-state index contributed by atoms with van der Waals surface area (Å²) in [6.45, 7) is 0.940. The highest BCUT2D eigenvalue weighted by atomic mass is 16.5. The standard InChI is InChI=1S/C29H38N4O3/c1-32(22-13-5-3-6-14-22)28(34)21-33-25-17-10-9-16-24(25)31-27(33)19-7-4-12-20-30-29(35)23-15-8-11-18-26(23)36-2/h8-11,15-18,22H,3-7,12-14,19-21H2,1-2H3,(H,30,35). The summed E-state index contributed by atoms with van der Waals surface area (Å²) in [7, 11) is 3.53. The Morgan fingerprint density at radius 3 is 2.58 bits per heavy atom. The lowest BCUT2D eigenvalue weighted by Gasteiger charge is -2.31. The number of amides is 2. The molecule has 0 bridgehead atoms. The van der Waals surface area contributed by atoms with Crippen LogP contribution in [0.2, 0.25) is 0 Å². The van der Waals surface area contributed by atoms with Gasteiger partial charge in [0.2, 0.25) is 5.91 Å². The second-order valence-electron chi connectivity index (χ2n) is 9.67. The molecule has 0 saturated heterocycles. The Hall–Kier alpha value is -3.35. The normalized spacial score (nSPS) is 14.1. The van der Waals surface area contributed by atoms with E-state index < -0.39 is 0 Å². The molecule has 0 radical (unpaired) electrons. The summed E-state index contributed by atoms with van der Waals surface area (Å²) in [6.07, 6.45) is 9.49. The summed E-state index contributed by atoms with van der Waals surface area (Å²) in [6, 6.07) is 15.7. The Kier molecular flexibility index (Phi) is 8.98. The van der Waals surface area contributed by atoms with Gasteiger partial charge in [0.25, 0.3) is 5.91 Å². The molecule has 0 aliphatic heterocycles. The van der Waals surface area contributed by atoms with Gasteiger partial charge in [-0.1, -0.05) is 49.9 Å². The monoisotopic (exact) mass is 490 g/mol. The van der Waals surface area contributed by atoms with E-state index in [4.69, 9.17) is 9.72 Å². The average Bonchev–Trinajstić information content (AvgIpc) is 3.27. The maximum absolute atomic E-state index is 13.2. The van der Waals surface area contributed by atoms with Crippen LogP contribution in [0, 0.1) is 0 Å². The molecule has 192 valence electrons. The number of hydrogen-bond donors (Lipinski definition) is 1. The van der Waals surface area contributed by atoms with Gasteiger partial charge >= 0.3 is 0 Å². The molecular formula is C29H38N4O3. The van der Waals surface area contributed by atoms with Crippen LogP contribution in [0.1, 0.15) is 67.5 Å². The van der Waals surface area contributed by atoms with Gasteiger partial charge in [0, 0.05) is 26.1 Å². The van der Waals surface area contributed by atoms with Crippen molar-refractivity contribution in [3.05, 3.63) is 59.9 Å². The molecule has 1 saturated carbocycles. The number of unbranched alkanes of at least 4 members (excludes halogenated alkanes) is 2. The molecule has 7 nitrogen and oxygen atoms in total. The highest BCUT2D eigenvalue weighted by molar-refractivity contribution is 5.96. The van der Waals surface area contributed by atoms with E-state index in [0.717, 1.165) is 55.4 Å². The number of rotatable bonds is 11. The fourth-order valence-corrected chi connectivity index (χ4v) is 5.13.